The topological polar surface area (TPSA) is 122 Å². The van der Waals surface area contributed by atoms with E-state index >= 15 is 0 Å². The van der Waals surface area contributed by atoms with Gasteiger partial charge in [-0.05, 0) is 36.4 Å². The van der Waals surface area contributed by atoms with Crippen LogP contribution in [0.25, 0.3) is 0 Å². The number of hydrogen-bond donors (Lipinski definition) is 3. The van der Waals surface area contributed by atoms with Gasteiger partial charge in [0.05, 0.1) is 18.4 Å². The fourth-order valence-corrected chi connectivity index (χ4v) is 4.64. The summed E-state index contributed by atoms with van der Waals surface area (Å²) in [5.74, 6) is 1.49. The van der Waals surface area contributed by atoms with E-state index in [4.69, 9.17) is 9.84 Å². The Morgan fingerprint density at radius 1 is 1.24 bits per heavy atom. The van der Waals surface area contributed by atoms with Gasteiger partial charge in [0.25, 0.3) is 5.91 Å². The highest BCUT2D eigenvalue weighted by molar-refractivity contribution is 7.99. The molecule has 0 saturated carbocycles. The lowest BCUT2D eigenvalue weighted by molar-refractivity contribution is -0.725. The predicted molar refractivity (Wildman–Crippen MR) is 128 cm³/mol. The van der Waals surface area contributed by atoms with E-state index in [9.17, 15) is 4.79 Å². The second kappa shape index (κ2) is 11.2. The van der Waals surface area contributed by atoms with E-state index in [1.165, 1.54) is 23.5 Å². The molecule has 12 heteroatoms. The van der Waals surface area contributed by atoms with Crippen LogP contribution in [-0.2, 0) is 19.8 Å². The van der Waals surface area contributed by atoms with Gasteiger partial charge in [-0.3, -0.25) is 4.79 Å². The number of nitrogens with one attached hydrogen (secondary N) is 2. The first-order valence-electron chi connectivity index (χ1n) is 10.4. The summed E-state index contributed by atoms with van der Waals surface area (Å²) < 4.78 is 9.00. The van der Waals surface area contributed by atoms with Crippen LogP contribution in [0.2, 0.25) is 0 Å². The Labute approximate surface area is 204 Å². The van der Waals surface area contributed by atoms with E-state index in [0.717, 1.165) is 20.6 Å². The minimum absolute atomic E-state index is 0.0409. The lowest BCUT2D eigenvalue weighted by Crippen LogP contribution is -2.29. The summed E-state index contributed by atoms with van der Waals surface area (Å²) in [5, 5.41) is 23.6. The zero-order valence-electron chi connectivity index (χ0n) is 18.6. The minimum Gasteiger partial charge on any atom is -0.491 e. The number of hydrogen-bond acceptors (Lipinski definition) is 8. The zero-order chi connectivity index (χ0) is 23.9. The molecular formula is C22H24N7O3S2+. The first-order valence-corrected chi connectivity index (χ1v) is 12.2. The Morgan fingerprint density at radius 3 is 2.74 bits per heavy atom. The average molecular weight is 499 g/mol. The normalized spacial score (nSPS) is 10.9. The lowest BCUT2D eigenvalue weighted by atomic mass is 10.3. The number of aryl methyl sites for hydroxylation is 2. The van der Waals surface area contributed by atoms with Crippen molar-refractivity contribution in [1.29, 1.82) is 0 Å². The number of aromatic nitrogens is 6. The predicted octanol–water partition coefficient (Wildman–Crippen LogP) is 2.43. The molecule has 0 radical (unpaired) electrons. The second-order valence-corrected chi connectivity index (χ2v) is 9.27. The highest BCUT2D eigenvalue weighted by Gasteiger charge is 2.18. The van der Waals surface area contributed by atoms with E-state index in [1.54, 1.807) is 17.1 Å². The Bertz CT molecular complexity index is 1260. The number of rotatable bonds is 10. The molecule has 1 amide bonds. The van der Waals surface area contributed by atoms with Crippen LogP contribution in [0.1, 0.15) is 16.2 Å². The summed E-state index contributed by atoms with van der Waals surface area (Å²) in [5.41, 5.74) is 1.09. The number of carbonyl (C=O) groups is 1. The first kappa shape index (κ1) is 23.8. The SMILES string of the molecule is Cn1cnnc1SCc1ccc(Sc2ccc(OCCO)cc2)c(C(=O)Nc2cc[n+](C)[nH]2)n1. The molecule has 176 valence electrons. The molecule has 0 unspecified atom stereocenters. The number of aromatic amines is 1. The van der Waals surface area contributed by atoms with Gasteiger partial charge >= 0.3 is 0 Å². The smallest absolute Gasteiger partial charge is 0.276 e. The summed E-state index contributed by atoms with van der Waals surface area (Å²) in [7, 11) is 3.72. The molecular weight excluding hydrogens is 474 g/mol. The molecule has 10 nitrogen and oxygen atoms in total. The van der Waals surface area contributed by atoms with Gasteiger partial charge in [-0.1, -0.05) is 23.5 Å². The fraction of sp³-hybridized carbons (Fsp3) is 0.227. The molecule has 0 aliphatic carbocycles. The molecule has 0 spiro atoms. The van der Waals surface area contributed by atoms with Gasteiger partial charge in [0, 0.05) is 22.6 Å². The van der Waals surface area contributed by atoms with Crippen molar-refractivity contribution in [3.63, 3.8) is 0 Å². The molecule has 4 aromatic rings. The molecule has 34 heavy (non-hydrogen) atoms. The van der Waals surface area contributed by atoms with Gasteiger partial charge in [-0.2, -0.15) is 0 Å². The van der Waals surface area contributed by atoms with Crippen LogP contribution in [-0.4, -0.2) is 49.1 Å². The second-order valence-electron chi connectivity index (χ2n) is 7.21. The number of aliphatic hydroxyl groups excluding tert-OH is 1. The molecule has 0 saturated heterocycles. The van der Waals surface area contributed by atoms with Crippen LogP contribution in [0.3, 0.4) is 0 Å². The maximum atomic E-state index is 13.2. The molecule has 3 aromatic heterocycles. The molecule has 4 rings (SSSR count). The van der Waals surface area contributed by atoms with Crippen molar-refractivity contribution in [2.45, 2.75) is 20.7 Å². The highest BCUT2D eigenvalue weighted by Crippen LogP contribution is 2.32. The van der Waals surface area contributed by atoms with E-state index in [-0.39, 0.29) is 19.1 Å². The van der Waals surface area contributed by atoms with Crippen molar-refractivity contribution in [3.8, 4) is 5.75 Å². The van der Waals surface area contributed by atoms with Gasteiger partial charge in [0.2, 0.25) is 0 Å². The third-order valence-corrected chi connectivity index (χ3v) is 6.70. The largest absolute Gasteiger partial charge is 0.491 e. The van der Waals surface area contributed by atoms with Crippen LogP contribution >= 0.6 is 23.5 Å². The molecule has 0 bridgehead atoms. The van der Waals surface area contributed by atoms with Crippen LogP contribution < -0.4 is 14.7 Å². The molecule has 0 fully saturated rings. The Balaban J connectivity index is 1.55. The summed E-state index contributed by atoms with van der Waals surface area (Å²) >= 11 is 2.94. The number of nitrogens with zero attached hydrogens (tertiary/aromatic N) is 5. The molecule has 3 heterocycles. The molecule has 3 N–H and O–H groups in total. The quantitative estimate of drug-likeness (QED) is 0.225. The Kier molecular flexibility index (Phi) is 7.83. The number of ether oxygens (including phenoxy) is 1. The molecule has 0 aliphatic rings. The summed E-state index contributed by atoms with van der Waals surface area (Å²) in [6.45, 7) is 0.200. The van der Waals surface area contributed by atoms with Crippen molar-refractivity contribution in [2.24, 2.45) is 14.1 Å². The van der Waals surface area contributed by atoms with E-state index in [2.05, 4.69) is 25.6 Å². The number of anilines is 1. The minimum atomic E-state index is -0.307. The number of amides is 1. The maximum Gasteiger partial charge on any atom is 0.276 e. The number of aliphatic hydroxyl groups is 1. The van der Waals surface area contributed by atoms with E-state index in [1.807, 2.05) is 61.3 Å². The van der Waals surface area contributed by atoms with Crippen LogP contribution in [0.5, 0.6) is 5.75 Å². The number of H-pyrrole nitrogens is 1. The van der Waals surface area contributed by atoms with Crippen molar-refractivity contribution in [3.05, 3.63) is 66.4 Å². The summed E-state index contributed by atoms with van der Waals surface area (Å²) in [6.07, 6.45) is 3.46. The van der Waals surface area contributed by atoms with E-state index < -0.39 is 0 Å². The van der Waals surface area contributed by atoms with Gasteiger partial charge in [-0.25, -0.2) is 4.98 Å². The zero-order valence-corrected chi connectivity index (χ0v) is 20.3. The standard InChI is InChI=1S/C22H23N7O3S2/c1-28-14-23-26-22(28)33-13-15-3-8-18(34-17-6-4-16(5-7-17)32-12-11-30)20(24-15)21(31)25-19-9-10-29(2)27-19/h3-10,14,30H,11-13H2,1-2H3,(H,25,27,31)/p+1. The lowest BCUT2D eigenvalue weighted by Gasteiger charge is -2.11. The fourth-order valence-electron chi connectivity index (χ4n) is 2.95. The first-order chi connectivity index (χ1) is 16.5. The van der Waals surface area contributed by atoms with Gasteiger partial charge in [0.1, 0.15) is 24.4 Å². The highest BCUT2D eigenvalue weighted by atomic mass is 32.2. The van der Waals surface area contributed by atoms with Crippen molar-refractivity contribution in [2.75, 3.05) is 18.5 Å². The van der Waals surface area contributed by atoms with Crippen molar-refractivity contribution in [1.82, 2.24) is 24.8 Å². The Hall–Kier alpha value is -3.35. The molecule has 0 aliphatic heterocycles. The van der Waals surface area contributed by atoms with Crippen molar-refractivity contribution >= 4 is 35.2 Å². The average Bonchev–Trinajstić information content (AvgIpc) is 3.45. The molecule has 0 atom stereocenters. The number of carbonyl (C=O) groups excluding carboxylic acids is 1. The van der Waals surface area contributed by atoms with Crippen LogP contribution in [0, 0.1) is 0 Å². The number of benzene rings is 1. The van der Waals surface area contributed by atoms with Gasteiger partial charge in [0.15, 0.2) is 24.2 Å². The third kappa shape index (κ3) is 6.16. The van der Waals surface area contributed by atoms with Crippen LogP contribution in [0.4, 0.5) is 5.82 Å². The summed E-state index contributed by atoms with van der Waals surface area (Å²) in [6, 6.07) is 13.1. The monoisotopic (exact) mass is 498 g/mol. The number of thioether (sulfide) groups is 1. The van der Waals surface area contributed by atoms with Gasteiger partial charge < -0.3 is 19.7 Å². The third-order valence-electron chi connectivity index (χ3n) is 4.57. The van der Waals surface area contributed by atoms with Crippen molar-refractivity contribution < 1.29 is 19.3 Å². The summed E-state index contributed by atoms with van der Waals surface area (Å²) in [4.78, 5) is 19.5. The molecule has 1 aromatic carbocycles. The Morgan fingerprint density at radius 2 is 2.06 bits per heavy atom. The maximum absolute atomic E-state index is 13.2. The van der Waals surface area contributed by atoms with Crippen LogP contribution in [0.15, 0.2) is 69.9 Å². The number of pyridine rings is 1. The van der Waals surface area contributed by atoms with E-state index in [0.29, 0.717) is 23.0 Å². The van der Waals surface area contributed by atoms with Gasteiger partial charge in [-0.15, -0.1) is 20.0 Å².